The van der Waals surface area contributed by atoms with E-state index in [0.717, 1.165) is 17.1 Å². The lowest BCUT2D eigenvalue weighted by Gasteiger charge is -2.11. The highest BCUT2D eigenvalue weighted by Crippen LogP contribution is 2.20. The number of aryl methyl sites for hydroxylation is 2. The van der Waals surface area contributed by atoms with Gasteiger partial charge in [-0.05, 0) is 32.4 Å². The molecule has 0 bridgehead atoms. The number of thiazole rings is 1. The van der Waals surface area contributed by atoms with Crippen LogP contribution < -0.4 is 11.1 Å². The van der Waals surface area contributed by atoms with Crippen LogP contribution in [0.15, 0.2) is 18.3 Å². The Labute approximate surface area is 122 Å². The Morgan fingerprint density at radius 3 is 2.85 bits per heavy atom. The Morgan fingerprint density at radius 1 is 1.50 bits per heavy atom. The number of anilines is 1. The molecule has 0 aliphatic carbocycles. The first-order valence-corrected chi connectivity index (χ1v) is 7.31. The van der Waals surface area contributed by atoms with Crippen LogP contribution in [0.1, 0.15) is 45.8 Å². The van der Waals surface area contributed by atoms with Gasteiger partial charge in [-0.3, -0.25) is 4.79 Å². The van der Waals surface area contributed by atoms with E-state index in [1.54, 1.807) is 23.5 Å². The fraction of sp³-hybridized carbons (Fsp3) is 0.357. The van der Waals surface area contributed by atoms with Crippen LogP contribution in [0.5, 0.6) is 0 Å². The molecule has 2 aromatic heterocycles. The minimum Gasteiger partial charge on any atom is -0.384 e. The number of nitrogens with two attached hydrogens (primary N) is 1. The van der Waals surface area contributed by atoms with Crippen molar-refractivity contribution in [3.05, 3.63) is 39.5 Å². The van der Waals surface area contributed by atoms with Gasteiger partial charge in [-0.1, -0.05) is 6.92 Å². The van der Waals surface area contributed by atoms with E-state index in [0.29, 0.717) is 11.4 Å². The van der Waals surface area contributed by atoms with Gasteiger partial charge in [-0.2, -0.15) is 0 Å². The Kier molecular flexibility index (Phi) is 4.34. The predicted octanol–water partition coefficient (Wildman–Crippen LogP) is 2.48. The average Bonchev–Trinajstić information content (AvgIpc) is 2.86. The first kappa shape index (κ1) is 14.5. The number of hydrogen-bond donors (Lipinski definition) is 2. The highest BCUT2D eigenvalue weighted by Gasteiger charge is 2.15. The summed E-state index contributed by atoms with van der Waals surface area (Å²) in [5.74, 6) is 0.188. The summed E-state index contributed by atoms with van der Waals surface area (Å²) in [5, 5.41) is 3.84. The molecule has 106 valence electrons. The summed E-state index contributed by atoms with van der Waals surface area (Å²) in [6.45, 7) is 5.82. The van der Waals surface area contributed by atoms with E-state index in [2.05, 4.69) is 22.2 Å². The molecule has 3 N–H and O–H groups in total. The number of aromatic nitrogens is 2. The Bertz CT molecular complexity index is 603. The summed E-state index contributed by atoms with van der Waals surface area (Å²) in [6, 6.07) is 3.18. The van der Waals surface area contributed by atoms with Crippen molar-refractivity contribution in [3.8, 4) is 0 Å². The molecule has 2 aromatic rings. The summed E-state index contributed by atoms with van der Waals surface area (Å²) in [6.07, 6.45) is 2.82. The molecule has 2 heterocycles. The van der Waals surface area contributed by atoms with E-state index in [1.165, 1.54) is 4.88 Å². The summed E-state index contributed by atoms with van der Waals surface area (Å²) in [4.78, 5) is 21.8. The van der Waals surface area contributed by atoms with Gasteiger partial charge in [0.2, 0.25) is 0 Å². The maximum absolute atomic E-state index is 12.2. The maximum Gasteiger partial charge on any atom is 0.252 e. The topological polar surface area (TPSA) is 80.9 Å². The quantitative estimate of drug-likeness (QED) is 0.906. The molecule has 6 heteroatoms. The van der Waals surface area contributed by atoms with Crippen LogP contribution in [0.3, 0.4) is 0 Å². The molecule has 0 fully saturated rings. The van der Waals surface area contributed by atoms with E-state index in [4.69, 9.17) is 5.73 Å². The first-order valence-electron chi connectivity index (χ1n) is 6.49. The van der Waals surface area contributed by atoms with Crippen molar-refractivity contribution in [2.75, 3.05) is 5.73 Å². The second-order valence-electron chi connectivity index (χ2n) is 4.64. The average molecular weight is 290 g/mol. The van der Waals surface area contributed by atoms with Crippen LogP contribution in [0.4, 0.5) is 5.82 Å². The molecule has 1 amide bonds. The van der Waals surface area contributed by atoms with E-state index < -0.39 is 0 Å². The summed E-state index contributed by atoms with van der Waals surface area (Å²) in [5.41, 5.74) is 6.91. The minimum atomic E-state index is -0.164. The van der Waals surface area contributed by atoms with Crippen LogP contribution in [0.25, 0.3) is 0 Å². The zero-order valence-corrected chi connectivity index (χ0v) is 12.6. The number of pyridine rings is 1. The number of nitrogen functional groups attached to an aromatic ring is 1. The van der Waals surface area contributed by atoms with Crippen molar-refractivity contribution in [1.29, 1.82) is 0 Å². The molecule has 0 aliphatic heterocycles. The lowest BCUT2D eigenvalue weighted by molar-refractivity contribution is 0.0939. The zero-order valence-electron chi connectivity index (χ0n) is 11.8. The summed E-state index contributed by atoms with van der Waals surface area (Å²) >= 11 is 1.62. The summed E-state index contributed by atoms with van der Waals surface area (Å²) < 4.78 is 0. The third-order valence-corrected chi connectivity index (χ3v) is 4.20. The number of nitrogens with zero attached hydrogens (tertiary/aromatic N) is 2. The third-order valence-electron chi connectivity index (χ3n) is 2.87. The Balaban J connectivity index is 2.10. The van der Waals surface area contributed by atoms with Gasteiger partial charge in [0.25, 0.3) is 5.91 Å². The fourth-order valence-corrected chi connectivity index (χ4v) is 2.71. The van der Waals surface area contributed by atoms with Crippen molar-refractivity contribution in [2.24, 2.45) is 0 Å². The molecule has 0 radical (unpaired) electrons. The summed E-state index contributed by atoms with van der Waals surface area (Å²) in [7, 11) is 0. The number of carbonyl (C=O) groups excluding carboxylic acids is 1. The van der Waals surface area contributed by atoms with Crippen molar-refractivity contribution in [3.63, 3.8) is 0 Å². The van der Waals surface area contributed by atoms with E-state index in [-0.39, 0.29) is 11.9 Å². The van der Waals surface area contributed by atoms with Crippen molar-refractivity contribution in [2.45, 2.75) is 33.2 Å². The van der Waals surface area contributed by atoms with Gasteiger partial charge in [0.05, 0.1) is 6.04 Å². The molecule has 0 saturated heterocycles. The van der Waals surface area contributed by atoms with Crippen LogP contribution in [-0.4, -0.2) is 15.9 Å². The van der Waals surface area contributed by atoms with Gasteiger partial charge >= 0.3 is 0 Å². The van der Waals surface area contributed by atoms with Gasteiger partial charge in [0.15, 0.2) is 0 Å². The molecular weight excluding hydrogens is 272 g/mol. The van der Waals surface area contributed by atoms with Crippen molar-refractivity contribution in [1.82, 2.24) is 15.3 Å². The lowest BCUT2D eigenvalue weighted by Crippen LogP contribution is -2.26. The first-order chi connectivity index (χ1) is 9.49. The second kappa shape index (κ2) is 6.00. The molecule has 5 nitrogen and oxygen atoms in total. The zero-order chi connectivity index (χ0) is 14.7. The van der Waals surface area contributed by atoms with Gasteiger partial charge in [-0.15, -0.1) is 11.3 Å². The Hall–Kier alpha value is -1.95. The smallest absolute Gasteiger partial charge is 0.252 e. The van der Waals surface area contributed by atoms with E-state index in [1.807, 2.05) is 20.0 Å². The van der Waals surface area contributed by atoms with Crippen LogP contribution in [0.2, 0.25) is 0 Å². The second-order valence-corrected chi connectivity index (χ2v) is 5.78. The maximum atomic E-state index is 12.2. The number of carbonyl (C=O) groups is 1. The highest BCUT2D eigenvalue weighted by atomic mass is 32.1. The van der Waals surface area contributed by atoms with E-state index in [9.17, 15) is 4.79 Å². The lowest BCUT2D eigenvalue weighted by atomic mass is 10.2. The fourth-order valence-electron chi connectivity index (χ4n) is 1.85. The highest BCUT2D eigenvalue weighted by molar-refractivity contribution is 7.11. The number of nitrogens with one attached hydrogen (secondary N) is 1. The van der Waals surface area contributed by atoms with Crippen LogP contribution in [-0.2, 0) is 6.42 Å². The Morgan fingerprint density at radius 2 is 2.25 bits per heavy atom. The van der Waals surface area contributed by atoms with Gasteiger partial charge in [0.1, 0.15) is 10.8 Å². The number of rotatable bonds is 4. The number of amides is 1. The standard InChI is InChI=1S/C14H18N4OS/c1-4-11-7-16-14(20-11)9(3)18-13(19)10-5-8(2)17-12(15)6-10/h5-7,9H,4H2,1-3H3,(H2,15,17)(H,18,19). The van der Waals surface area contributed by atoms with Crippen molar-refractivity contribution < 1.29 is 4.79 Å². The minimum absolute atomic E-state index is 0.123. The molecule has 0 aromatic carbocycles. The van der Waals surface area contributed by atoms with Gasteiger partial charge in [0, 0.05) is 22.3 Å². The van der Waals surface area contributed by atoms with Crippen LogP contribution >= 0.6 is 11.3 Å². The molecular formula is C14H18N4OS. The molecule has 0 spiro atoms. The normalized spacial score (nSPS) is 12.2. The van der Waals surface area contributed by atoms with Crippen molar-refractivity contribution >= 4 is 23.1 Å². The molecule has 1 unspecified atom stereocenters. The molecule has 0 aliphatic rings. The van der Waals surface area contributed by atoms with Crippen LogP contribution in [0, 0.1) is 6.92 Å². The largest absolute Gasteiger partial charge is 0.384 e. The SMILES string of the molecule is CCc1cnc(C(C)NC(=O)c2cc(C)nc(N)c2)s1. The molecule has 20 heavy (non-hydrogen) atoms. The molecule has 2 rings (SSSR count). The van der Waals surface area contributed by atoms with E-state index >= 15 is 0 Å². The number of hydrogen-bond acceptors (Lipinski definition) is 5. The predicted molar refractivity (Wildman–Crippen MR) is 80.8 cm³/mol. The molecule has 0 saturated carbocycles. The van der Waals surface area contributed by atoms with Gasteiger partial charge in [-0.25, -0.2) is 9.97 Å². The third kappa shape index (κ3) is 3.33. The monoisotopic (exact) mass is 290 g/mol. The van der Waals surface area contributed by atoms with Gasteiger partial charge < -0.3 is 11.1 Å². The molecule has 1 atom stereocenters.